The first-order valence-corrected chi connectivity index (χ1v) is 7.56. The van der Waals surface area contributed by atoms with Crippen molar-refractivity contribution in [1.29, 1.82) is 0 Å². The highest BCUT2D eigenvalue weighted by Gasteiger charge is 2.09. The maximum atomic E-state index is 10.2. The molecule has 112 valence electrons. The van der Waals surface area contributed by atoms with Crippen LogP contribution in [0.25, 0.3) is 0 Å². The molecule has 0 radical (unpaired) electrons. The van der Waals surface area contributed by atoms with Crippen molar-refractivity contribution in [2.75, 3.05) is 6.61 Å². The van der Waals surface area contributed by atoms with E-state index in [2.05, 4.69) is 25.1 Å². The molecular formula is C19H24O2. The lowest BCUT2D eigenvalue weighted by atomic mass is 10.0. The Morgan fingerprint density at radius 2 is 1.62 bits per heavy atom. The summed E-state index contributed by atoms with van der Waals surface area (Å²) in [4.78, 5) is 0. The first-order chi connectivity index (χ1) is 10.1. The van der Waals surface area contributed by atoms with E-state index in [4.69, 9.17) is 4.74 Å². The number of benzene rings is 2. The Bertz CT molecular complexity index is 552. The number of hydrogen-bond donors (Lipinski definition) is 1. The first kappa shape index (κ1) is 15.6. The fourth-order valence-electron chi connectivity index (χ4n) is 2.51. The molecule has 0 spiro atoms. The van der Waals surface area contributed by atoms with Crippen LogP contribution in [-0.4, -0.2) is 11.7 Å². The molecule has 21 heavy (non-hydrogen) atoms. The molecule has 2 rings (SSSR count). The standard InChI is InChI=1S/C19H24O2/c1-4-5-16-6-8-18(9-7-16)21-13-19(20)17-11-14(2)10-15(3)12-17/h6-12,19-20H,4-5,13H2,1-3H3. The third-order valence-electron chi connectivity index (χ3n) is 3.50. The average Bonchev–Trinajstić information content (AvgIpc) is 2.45. The van der Waals surface area contributed by atoms with E-state index in [9.17, 15) is 5.11 Å². The minimum Gasteiger partial charge on any atom is -0.491 e. The summed E-state index contributed by atoms with van der Waals surface area (Å²) >= 11 is 0. The smallest absolute Gasteiger partial charge is 0.119 e. The summed E-state index contributed by atoms with van der Waals surface area (Å²) in [5.41, 5.74) is 4.55. The fourth-order valence-corrected chi connectivity index (χ4v) is 2.51. The minimum atomic E-state index is -0.598. The zero-order valence-electron chi connectivity index (χ0n) is 13.1. The van der Waals surface area contributed by atoms with Crippen molar-refractivity contribution >= 4 is 0 Å². The van der Waals surface area contributed by atoms with Gasteiger partial charge in [-0.1, -0.05) is 54.8 Å². The minimum absolute atomic E-state index is 0.274. The van der Waals surface area contributed by atoms with Gasteiger partial charge < -0.3 is 9.84 Å². The number of hydrogen-bond acceptors (Lipinski definition) is 2. The van der Waals surface area contributed by atoms with E-state index in [1.54, 1.807) is 0 Å². The maximum absolute atomic E-state index is 10.2. The van der Waals surface area contributed by atoms with Gasteiger partial charge in [-0.15, -0.1) is 0 Å². The summed E-state index contributed by atoms with van der Waals surface area (Å²) in [5.74, 6) is 0.804. The van der Waals surface area contributed by atoms with E-state index in [-0.39, 0.29) is 6.61 Å². The maximum Gasteiger partial charge on any atom is 0.119 e. The highest BCUT2D eigenvalue weighted by molar-refractivity contribution is 5.31. The normalized spacial score (nSPS) is 12.2. The summed E-state index contributed by atoms with van der Waals surface area (Å²) in [6.07, 6.45) is 1.64. The molecule has 0 aliphatic rings. The molecule has 0 heterocycles. The largest absolute Gasteiger partial charge is 0.491 e. The van der Waals surface area contributed by atoms with Crippen LogP contribution >= 0.6 is 0 Å². The lowest BCUT2D eigenvalue weighted by molar-refractivity contribution is 0.108. The van der Waals surface area contributed by atoms with Crippen molar-refractivity contribution in [1.82, 2.24) is 0 Å². The molecule has 1 N–H and O–H groups in total. The second-order valence-corrected chi connectivity index (χ2v) is 5.64. The first-order valence-electron chi connectivity index (χ1n) is 7.56. The van der Waals surface area contributed by atoms with Gasteiger partial charge >= 0.3 is 0 Å². The molecule has 2 aromatic carbocycles. The van der Waals surface area contributed by atoms with Crippen LogP contribution in [0.3, 0.4) is 0 Å². The average molecular weight is 284 g/mol. The Morgan fingerprint density at radius 1 is 1.00 bits per heavy atom. The molecular weight excluding hydrogens is 260 g/mol. The van der Waals surface area contributed by atoms with Gasteiger partial charge in [-0.2, -0.15) is 0 Å². The summed E-state index contributed by atoms with van der Waals surface area (Å²) in [7, 11) is 0. The monoisotopic (exact) mass is 284 g/mol. The Kier molecular flexibility index (Phi) is 5.40. The lowest BCUT2D eigenvalue weighted by Crippen LogP contribution is -2.10. The lowest BCUT2D eigenvalue weighted by Gasteiger charge is -2.14. The number of ether oxygens (including phenoxy) is 1. The van der Waals surface area contributed by atoms with Crippen LogP contribution in [0.15, 0.2) is 42.5 Å². The molecule has 0 saturated heterocycles. The van der Waals surface area contributed by atoms with Crippen LogP contribution in [0.5, 0.6) is 5.75 Å². The van der Waals surface area contributed by atoms with Crippen LogP contribution in [-0.2, 0) is 6.42 Å². The highest BCUT2D eigenvalue weighted by Crippen LogP contribution is 2.19. The zero-order valence-corrected chi connectivity index (χ0v) is 13.1. The molecule has 1 atom stereocenters. The van der Waals surface area contributed by atoms with Crippen molar-refractivity contribution in [2.45, 2.75) is 39.7 Å². The molecule has 0 aliphatic carbocycles. The van der Waals surface area contributed by atoms with Gasteiger partial charge in [0.05, 0.1) is 0 Å². The number of rotatable bonds is 6. The van der Waals surface area contributed by atoms with Gasteiger partial charge in [0.25, 0.3) is 0 Å². The molecule has 2 aromatic rings. The summed E-state index contributed by atoms with van der Waals surface area (Å²) in [6, 6.07) is 14.2. The zero-order chi connectivity index (χ0) is 15.2. The van der Waals surface area contributed by atoms with E-state index in [1.807, 2.05) is 38.1 Å². The molecule has 0 aromatic heterocycles. The van der Waals surface area contributed by atoms with Crippen LogP contribution in [0.2, 0.25) is 0 Å². The molecule has 2 nitrogen and oxygen atoms in total. The number of aryl methyl sites for hydroxylation is 3. The van der Waals surface area contributed by atoms with Gasteiger partial charge in [0.15, 0.2) is 0 Å². The Morgan fingerprint density at radius 3 is 2.19 bits per heavy atom. The molecule has 0 bridgehead atoms. The summed E-state index contributed by atoms with van der Waals surface area (Å²) in [6.45, 7) is 6.52. The van der Waals surface area contributed by atoms with Crippen molar-refractivity contribution in [3.8, 4) is 5.75 Å². The molecule has 0 fully saturated rings. The van der Waals surface area contributed by atoms with Crippen LogP contribution in [0, 0.1) is 13.8 Å². The Hall–Kier alpha value is -1.80. The number of aliphatic hydroxyl groups is 1. The SMILES string of the molecule is CCCc1ccc(OCC(O)c2cc(C)cc(C)c2)cc1. The van der Waals surface area contributed by atoms with Crippen LogP contribution < -0.4 is 4.74 Å². The molecule has 1 unspecified atom stereocenters. The topological polar surface area (TPSA) is 29.5 Å². The van der Waals surface area contributed by atoms with Gasteiger partial charge in [-0.3, -0.25) is 0 Å². The predicted molar refractivity (Wildman–Crippen MR) is 86.8 cm³/mol. The van der Waals surface area contributed by atoms with E-state index >= 15 is 0 Å². The van der Waals surface area contributed by atoms with Gasteiger partial charge in [0, 0.05) is 0 Å². The quantitative estimate of drug-likeness (QED) is 0.853. The molecule has 2 heteroatoms. The molecule has 0 saturated carbocycles. The third kappa shape index (κ3) is 4.61. The second-order valence-electron chi connectivity index (χ2n) is 5.64. The van der Waals surface area contributed by atoms with Gasteiger partial charge in [-0.05, 0) is 43.5 Å². The van der Waals surface area contributed by atoms with Crippen molar-refractivity contribution in [3.63, 3.8) is 0 Å². The molecule has 0 aliphatic heterocycles. The number of aliphatic hydroxyl groups excluding tert-OH is 1. The van der Waals surface area contributed by atoms with Crippen molar-refractivity contribution < 1.29 is 9.84 Å². The van der Waals surface area contributed by atoms with E-state index < -0.39 is 6.10 Å². The predicted octanol–water partition coefficient (Wildman–Crippen LogP) is 4.37. The third-order valence-corrected chi connectivity index (χ3v) is 3.50. The Labute approximate surface area is 127 Å². The Balaban J connectivity index is 1.95. The molecule has 0 amide bonds. The summed E-state index contributed by atoms with van der Waals surface area (Å²) in [5, 5.41) is 10.2. The van der Waals surface area contributed by atoms with Crippen LogP contribution in [0.4, 0.5) is 0 Å². The second kappa shape index (κ2) is 7.28. The van der Waals surface area contributed by atoms with E-state index in [1.165, 1.54) is 5.56 Å². The fraction of sp³-hybridized carbons (Fsp3) is 0.368. The van der Waals surface area contributed by atoms with Crippen molar-refractivity contribution in [2.24, 2.45) is 0 Å². The van der Waals surface area contributed by atoms with Gasteiger partial charge in [-0.25, -0.2) is 0 Å². The highest BCUT2D eigenvalue weighted by atomic mass is 16.5. The summed E-state index contributed by atoms with van der Waals surface area (Å²) < 4.78 is 5.69. The van der Waals surface area contributed by atoms with Crippen molar-refractivity contribution in [3.05, 3.63) is 64.7 Å². The van der Waals surface area contributed by atoms with Crippen LogP contribution in [0.1, 0.15) is 41.7 Å². The van der Waals surface area contributed by atoms with Gasteiger partial charge in [0.2, 0.25) is 0 Å². The van der Waals surface area contributed by atoms with Gasteiger partial charge in [0.1, 0.15) is 18.5 Å². The van der Waals surface area contributed by atoms with E-state index in [0.717, 1.165) is 35.3 Å². The van der Waals surface area contributed by atoms with E-state index in [0.29, 0.717) is 0 Å².